The van der Waals surface area contributed by atoms with E-state index in [1.165, 1.54) is 11.3 Å². The molecule has 1 rings (SSSR count). The highest BCUT2D eigenvalue weighted by Gasteiger charge is 2.17. The van der Waals surface area contributed by atoms with Crippen LogP contribution in [0.3, 0.4) is 0 Å². The second kappa shape index (κ2) is 7.86. The molecule has 0 radical (unpaired) electrons. The van der Waals surface area contributed by atoms with E-state index in [2.05, 4.69) is 5.32 Å². The summed E-state index contributed by atoms with van der Waals surface area (Å²) in [6.45, 7) is 3.93. The van der Waals surface area contributed by atoms with E-state index in [1.807, 2.05) is 13.8 Å². The maximum absolute atomic E-state index is 11.6. The molecule has 0 aliphatic carbocycles. The van der Waals surface area contributed by atoms with Crippen LogP contribution in [0.1, 0.15) is 28.4 Å². The summed E-state index contributed by atoms with van der Waals surface area (Å²) in [5.41, 5.74) is 0. The molecule has 1 amide bonds. The van der Waals surface area contributed by atoms with Gasteiger partial charge in [0.2, 0.25) is 0 Å². The van der Waals surface area contributed by atoms with Crippen LogP contribution in [0, 0.1) is 0 Å². The number of nitrogens with one attached hydrogen (secondary N) is 1. The maximum atomic E-state index is 11.6. The summed E-state index contributed by atoms with van der Waals surface area (Å²) < 4.78 is 10.2. The Hall–Kier alpha value is -1.60. The lowest BCUT2D eigenvalue weighted by Gasteiger charge is -2.13. The highest BCUT2D eigenvalue weighted by molar-refractivity contribution is 7.14. The number of thiophene rings is 1. The number of carbonyl (C=O) groups is 2. The summed E-state index contributed by atoms with van der Waals surface area (Å²) in [5, 5.41) is 11.8. The van der Waals surface area contributed by atoms with Gasteiger partial charge in [0.25, 0.3) is 5.91 Å². The second-order valence-corrected chi connectivity index (χ2v) is 5.41. The predicted molar refractivity (Wildman–Crippen MR) is 75.6 cm³/mol. The molecule has 0 aromatic carbocycles. The van der Waals surface area contributed by atoms with Gasteiger partial charge in [-0.3, -0.25) is 4.79 Å². The molecule has 7 heteroatoms. The molecule has 1 aromatic rings. The lowest BCUT2D eigenvalue weighted by Crippen LogP contribution is -2.38. The summed E-state index contributed by atoms with van der Waals surface area (Å²) in [7, 11) is 1.55. The summed E-state index contributed by atoms with van der Waals surface area (Å²) in [5.74, 6) is -1.11. The fourth-order valence-corrected chi connectivity index (χ4v) is 2.48. The number of hydrogen-bond acceptors (Lipinski definition) is 5. The zero-order valence-electron chi connectivity index (χ0n) is 11.8. The molecule has 0 spiro atoms. The van der Waals surface area contributed by atoms with Crippen molar-refractivity contribution in [2.24, 2.45) is 0 Å². The Balaban J connectivity index is 2.58. The Labute approximate surface area is 121 Å². The van der Waals surface area contributed by atoms with Gasteiger partial charge < -0.3 is 19.9 Å². The smallest absolute Gasteiger partial charge is 0.349 e. The van der Waals surface area contributed by atoms with Gasteiger partial charge in [0, 0.05) is 18.0 Å². The van der Waals surface area contributed by atoms with E-state index < -0.39 is 5.97 Å². The van der Waals surface area contributed by atoms with Gasteiger partial charge in [-0.1, -0.05) is 6.92 Å². The van der Waals surface area contributed by atoms with E-state index in [1.54, 1.807) is 13.2 Å². The largest absolute Gasteiger partial charge is 0.482 e. The van der Waals surface area contributed by atoms with E-state index in [0.717, 1.165) is 11.3 Å². The molecule has 1 heterocycles. The minimum atomic E-state index is -1.04. The van der Waals surface area contributed by atoms with Crippen molar-refractivity contribution in [1.29, 1.82) is 0 Å². The molecule has 0 saturated heterocycles. The summed E-state index contributed by atoms with van der Waals surface area (Å²) in [6, 6.07) is 1.55. The Bertz CT molecular complexity index is 471. The molecular weight excluding hydrogens is 282 g/mol. The average Bonchev–Trinajstić information content (AvgIpc) is 2.80. The van der Waals surface area contributed by atoms with E-state index in [-0.39, 0.29) is 29.2 Å². The van der Waals surface area contributed by atoms with Gasteiger partial charge in [0.05, 0.1) is 6.61 Å². The average molecular weight is 301 g/mol. The summed E-state index contributed by atoms with van der Waals surface area (Å²) >= 11 is 1.17. The minimum absolute atomic E-state index is 0.122. The second-order valence-electron chi connectivity index (χ2n) is 4.28. The first-order valence-electron chi connectivity index (χ1n) is 6.25. The summed E-state index contributed by atoms with van der Waals surface area (Å²) in [4.78, 5) is 23.7. The van der Waals surface area contributed by atoms with Crippen molar-refractivity contribution in [2.45, 2.75) is 26.3 Å². The molecule has 1 unspecified atom stereocenters. The van der Waals surface area contributed by atoms with Crippen molar-refractivity contribution >= 4 is 23.2 Å². The highest BCUT2D eigenvalue weighted by atomic mass is 32.1. The lowest BCUT2D eigenvalue weighted by molar-refractivity contribution is -0.124. The standard InChI is InChI=1S/C13H19NO5S/c1-4-9-5-10(12(20-9)13(16)17)19-7-11(15)14-8(2)6-18-3/h5,8H,4,6-7H2,1-3H3,(H,14,15)(H,16,17). The van der Waals surface area contributed by atoms with Crippen LogP contribution in [0.25, 0.3) is 0 Å². The third kappa shape index (κ3) is 4.82. The number of aromatic carboxylic acids is 1. The van der Waals surface area contributed by atoms with Crippen molar-refractivity contribution < 1.29 is 24.2 Å². The third-order valence-electron chi connectivity index (χ3n) is 2.47. The molecule has 20 heavy (non-hydrogen) atoms. The van der Waals surface area contributed by atoms with Crippen LogP contribution >= 0.6 is 11.3 Å². The number of rotatable bonds is 8. The van der Waals surface area contributed by atoms with Gasteiger partial charge in [-0.2, -0.15) is 0 Å². The minimum Gasteiger partial charge on any atom is -0.482 e. The van der Waals surface area contributed by atoms with Crippen LogP contribution in [0.2, 0.25) is 0 Å². The molecule has 112 valence electrons. The molecule has 1 aromatic heterocycles. The number of ether oxygens (including phenoxy) is 2. The molecule has 1 atom stereocenters. The Morgan fingerprint density at radius 3 is 2.75 bits per heavy atom. The predicted octanol–water partition coefficient (Wildman–Crippen LogP) is 1.54. The number of carboxylic acid groups (broad SMARTS) is 1. The van der Waals surface area contributed by atoms with Gasteiger partial charge in [-0.25, -0.2) is 4.79 Å². The zero-order chi connectivity index (χ0) is 15.1. The van der Waals surface area contributed by atoms with Crippen LogP contribution in [-0.4, -0.2) is 43.3 Å². The quantitative estimate of drug-likeness (QED) is 0.761. The van der Waals surface area contributed by atoms with Crippen LogP contribution in [-0.2, 0) is 16.0 Å². The van der Waals surface area contributed by atoms with Gasteiger partial charge in [-0.15, -0.1) is 11.3 Å². The molecule has 0 fully saturated rings. The van der Waals surface area contributed by atoms with Crippen LogP contribution in [0.15, 0.2) is 6.07 Å². The highest BCUT2D eigenvalue weighted by Crippen LogP contribution is 2.29. The first kappa shape index (κ1) is 16.5. The molecule has 0 bridgehead atoms. The Kier molecular flexibility index (Phi) is 6.47. The topological polar surface area (TPSA) is 84.9 Å². The van der Waals surface area contributed by atoms with Gasteiger partial charge in [0.15, 0.2) is 11.5 Å². The number of carboxylic acids is 1. The van der Waals surface area contributed by atoms with Crippen molar-refractivity contribution in [3.8, 4) is 5.75 Å². The number of methoxy groups -OCH3 is 1. The van der Waals surface area contributed by atoms with E-state index in [0.29, 0.717) is 6.61 Å². The fourth-order valence-electron chi connectivity index (χ4n) is 1.60. The first-order valence-corrected chi connectivity index (χ1v) is 7.06. The normalized spacial score (nSPS) is 11.9. The van der Waals surface area contributed by atoms with Crippen LogP contribution in [0.5, 0.6) is 5.75 Å². The van der Waals surface area contributed by atoms with Crippen molar-refractivity contribution in [1.82, 2.24) is 5.32 Å². The number of amides is 1. The Morgan fingerprint density at radius 1 is 1.50 bits per heavy atom. The summed E-state index contributed by atoms with van der Waals surface area (Å²) in [6.07, 6.45) is 0.728. The zero-order valence-corrected chi connectivity index (χ0v) is 12.6. The molecule has 0 aliphatic rings. The van der Waals surface area contributed by atoms with Crippen LogP contribution < -0.4 is 10.1 Å². The monoisotopic (exact) mass is 301 g/mol. The van der Waals surface area contributed by atoms with Crippen molar-refractivity contribution in [2.75, 3.05) is 20.3 Å². The molecule has 6 nitrogen and oxygen atoms in total. The fraction of sp³-hybridized carbons (Fsp3) is 0.538. The first-order chi connectivity index (χ1) is 9.47. The van der Waals surface area contributed by atoms with Gasteiger partial charge in [-0.05, 0) is 19.4 Å². The number of hydrogen-bond donors (Lipinski definition) is 2. The van der Waals surface area contributed by atoms with E-state index in [9.17, 15) is 9.59 Å². The number of carbonyl (C=O) groups excluding carboxylic acids is 1. The lowest BCUT2D eigenvalue weighted by atomic mass is 10.3. The maximum Gasteiger partial charge on any atom is 0.349 e. The molecular formula is C13H19NO5S. The van der Waals surface area contributed by atoms with Gasteiger partial charge >= 0.3 is 5.97 Å². The molecule has 2 N–H and O–H groups in total. The van der Waals surface area contributed by atoms with E-state index in [4.69, 9.17) is 14.6 Å². The number of aryl methyl sites for hydroxylation is 1. The molecule has 0 saturated carbocycles. The SMILES string of the molecule is CCc1cc(OCC(=O)NC(C)COC)c(C(=O)O)s1. The Morgan fingerprint density at radius 2 is 2.20 bits per heavy atom. The third-order valence-corrected chi connectivity index (χ3v) is 3.72. The van der Waals surface area contributed by atoms with Crippen LogP contribution in [0.4, 0.5) is 0 Å². The van der Waals surface area contributed by atoms with Crippen molar-refractivity contribution in [3.63, 3.8) is 0 Å². The molecule has 0 aliphatic heterocycles. The van der Waals surface area contributed by atoms with E-state index >= 15 is 0 Å². The van der Waals surface area contributed by atoms with Crippen molar-refractivity contribution in [3.05, 3.63) is 15.8 Å². The van der Waals surface area contributed by atoms with Gasteiger partial charge in [0.1, 0.15) is 5.75 Å².